The van der Waals surface area contributed by atoms with Crippen LogP contribution in [0.15, 0.2) is 29.6 Å². The predicted octanol–water partition coefficient (Wildman–Crippen LogP) is 3.18. The Kier molecular flexibility index (Phi) is 3.36. The van der Waals surface area contributed by atoms with Gasteiger partial charge in [-0.2, -0.15) is 0 Å². The molecular weight excluding hydrogens is 216 g/mol. The van der Waals surface area contributed by atoms with Crippen molar-refractivity contribution < 1.29 is 0 Å². The second-order valence-corrected chi connectivity index (χ2v) is 4.97. The smallest absolute Gasteiger partial charge is 0.0973 e. The Labute approximate surface area is 100 Å². The molecule has 0 spiro atoms. The van der Waals surface area contributed by atoms with E-state index in [1.54, 1.807) is 11.3 Å². The summed E-state index contributed by atoms with van der Waals surface area (Å²) in [7, 11) is 0. The molecule has 2 nitrogen and oxygen atoms in total. The van der Waals surface area contributed by atoms with Crippen molar-refractivity contribution in [3.63, 3.8) is 0 Å². The fourth-order valence-corrected chi connectivity index (χ4v) is 2.45. The number of benzene rings is 1. The highest BCUT2D eigenvalue weighted by Gasteiger charge is 2.09. The van der Waals surface area contributed by atoms with Crippen molar-refractivity contribution in [1.82, 2.24) is 4.98 Å². The van der Waals surface area contributed by atoms with Gasteiger partial charge in [0.25, 0.3) is 0 Å². The summed E-state index contributed by atoms with van der Waals surface area (Å²) in [5.74, 6) is 0.351. The Morgan fingerprint density at radius 2 is 2.25 bits per heavy atom. The molecule has 2 N–H and O–H groups in total. The molecule has 0 radical (unpaired) electrons. The second kappa shape index (κ2) is 4.76. The molecule has 0 saturated heterocycles. The standard InChI is InChI=1S/C13H16N2S/c1-9-4-3-5-11(6-9)12-8-16-13(15-12)10(2)7-14/h3-6,8,10H,7,14H2,1-2H3. The summed E-state index contributed by atoms with van der Waals surface area (Å²) in [6.07, 6.45) is 0. The molecule has 1 aromatic heterocycles. The first-order chi connectivity index (χ1) is 7.70. The van der Waals surface area contributed by atoms with Crippen LogP contribution in [0.1, 0.15) is 23.4 Å². The molecule has 1 atom stereocenters. The molecule has 84 valence electrons. The zero-order valence-corrected chi connectivity index (χ0v) is 10.4. The van der Waals surface area contributed by atoms with Gasteiger partial charge in [0.2, 0.25) is 0 Å². The number of thiazole rings is 1. The summed E-state index contributed by atoms with van der Waals surface area (Å²) < 4.78 is 0. The van der Waals surface area contributed by atoms with Crippen LogP contribution in [-0.4, -0.2) is 11.5 Å². The summed E-state index contributed by atoms with van der Waals surface area (Å²) >= 11 is 1.69. The maximum absolute atomic E-state index is 5.64. The van der Waals surface area contributed by atoms with Gasteiger partial charge in [-0.3, -0.25) is 0 Å². The molecule has 1 unspecified atom stereocenters. The van der Waals surface area contributed by atoms with Crippen LogP contribution in [-0.2, 0) is 0 Å². The number of aromatic nitrogens is 1. The Hall–Kier alpha value is -1.19. The molecular formula is C13H16N2S. The van der Waals surface area contributed by atoms with Crippen LogP contribution in [0.5, 0.6) is 0 Å². The lowest BCUT2D eigenvalue weighted by molar-refractivity contribution is 0.766. The van der Waals surface area contributed by atoms with Gasteiger partial charge < -0.3 is 5.73 Å². The molecule has 3 heteroatoms. The molecule has 0 saturated carbocycles. The van der Waals surface area contributed by atoms with E-state index in [2.05, 4.69) is 48.5 Å². The van der Waals surface area contributed by atoms with Crippen LogP contribution >= 0.6 is 11.3 Å². The summed E-state index contributed by atoms with van der Waals surface area (Å²) in [6, 6.07) is 8.42. The lowest BCUT2D eigenvalue weighted by Crippen LogP contribution is -2.08. The number of nitrogens with two attached hydrogens (primary N) is 1. The van der Waals surface area contributed by atoms with Gasteiger partial charge in [-0.15, -0.1) is 11.3 Å². The average molecular weight is 232 g/mol. The topological polar surface area (TPSA) is 38.9 Å². The van der Waals surface area contributed by atoms with Crippen molar-refractivity contribution in [1.29, 1.82) is 0 Å². The number of aryl methyl sites for hydroxylation is 1. The van der Waals surface area contributed by atoms with Gasteiger partial charge >= 0.3 is 0 Å². The maximum Gasteiger partial charge on any atom is 0.0973 e. The Morgan fingerprint density at radius 1 is 1.44 bits per heavy atom. The van der Waals surface area contributed by atoms with Crippen molar-refractivity contribution in [3.8, 4) is 11.3 Å². The summed E-state index contributed by atoms with van der Waals surface area (Å²) in [5, 5.41) is 3.23. The van der Waals surface area contributed by atoms with Crippen LogP contribution in [0.25, 0.3) is 11.3 Å². The first-order valence-electron chi connectivity index (χ1n) is 5.43. The van der Waals surface area contributed by atoms with E-state index in [0.717, 1.165) is 10.7 Å². The van der Waals surface area contributed by atoms with Gasteiger partial charge in [-0.25, -0.2) is 4.98 Å². The number of hydrogen-bond acceptors (Lipinski definition) is 3. The Balaban J connectivity index is 2.31. The average Bonchev–Trinajstić information content (AvgIpc) is 2.77. The third-order valence-corrected chi connectivity index (χ3v) is 3.69. The van der Waals surface area contributed by atoms with Crippen molar-refractivity contribution >= 4 is 11.3 Å². The third-order valence-electron chi connectivity index (χ3n) is 2.61. The van der Waals surface area contributed by atoms with Crippen LogP contribution in [0, 0.1) is 6.92 Å². The van der Waals surface area contributed by atoms with Crippen LogP contribution < -0.4 is 5.73 Å². The minimum Gasteiger partial charge on any atom is -0.330 e. The molecule has 0 aliphatic heterocycles. The molecule has 0 amide bonds. The molecule has 1 heterocycles. The highest BCUT2D eigenvalue weighted by Crippen LogP contribution is 2.26. The van der Waals surface area contributed by atoms with Gasteiger partial charge in [0.05, 0.1) is 10.7 Å². The number of hydrogen-bond donors (Lipinski definition) is 1. The highest BCUT2D eigenvalue weighted by atomic mass is 32.1. The fraction of sp³-hybridized carbons (Fsp3) is 0.308. The van der Waals surface area contributed by atoms with Crippen molar-refractivity contribution in [2.75, 3.05) is 6.54 Å². The van der Waals surface area contributed by atoms with Crippen LogP contribution in [0.2, 0.25) is 0 Å². The second-order valence-electron chi connectivity index (χ2n) is 4.08. The molecule has 0 fully saturated rings. The van der Waals surface area contributed by atoms with Crippen LogP contribution in [0.3, 0.4) is 0 Å². The van der Waals surface area contributed by atoms with Crippen molar-refractivity contribution in [3.05, 3.63) is 40.2 Å². The Bertz CT molecular complexity index is 476. The molecule has 0 aliphatic rings. The SMILES string of the molecule is Cc1cccc(-c2csc(C(C)CN)n2)c1. The molecule has 0 aliphatic carbocycles. The zero-order valence-electron chi connectivity index (χ0n) is 9.60. The molecule has 16 heavy (non-hydrogen) atoms. The van der Waals surface area contributed by atoms with E-state index in [9.17, 15) is 0 Å². The molecule has 2 rings (SSSR count). The lowest BCUT2D eigenvalue weighted by Gasteiger charge is -2.02. The van der Waals surface area contributed by atoms with E-state index in [1.807, 2.05) is 0 Å². The summed E-state index contributed by atoms with van der Waals surface area (Å²) in [4.78, 5) is 4.63. The first kappa shape index (κ1) is 11.3. The van der Waals surface area contributed by atoms with Gasteiger partial charge in [-0.1, -0.05) is 30.7 Å². The largest absolute Gasteiger partial charge is 0.330 e. The van der Waals surface area contributed by atoms with Gasteiger partial charge in [0.1, 0.15) is 0 Å². The van der Waals surface area contributed by atoms with E-state index in [0.29, 0.717) is 12.5 Å². The fourth-order valence-electron chi connectivity index (χ4n) is 1.55. The Morgan fingerprint density at radius 3 is 2.94 bits per heavy atom. The minimum atomic E-state index is 0.351. The van der Waals surface area contributed by atoms with E-state index < -0.39 is 0 Å². The van der Waals surface area contributed by atoms with E-state index in [1.165, 1.54) is 11.1 Å². The van der Waals surface area contributed by atoms with E-state index in [-0.39, 0.29) is 0 Å². The third kappa shape index (κ3) is 2.31. The first-order valence-corrected chi connectivity index (χ1v) is 6.31. The monoisotopic (exact) mass is 232 g/mol. The minimum absolute atomic E-state index is 0.351. The molecule has 0 bridgehead atoms. The lowest BCUT2D eigenvalue weighted by atomic mass is 10.1. The number of nitrogens with zero attached hydrogens (tertiary/aromatic N) is 1. The predicted molar refractivity (Wildman–Crippen MR) is 69.8 cm³/mol. The zero-order chi connectivity index (χ0) is 11.5. The van der Waals surface area contributed by atoms with Crippen molar-refractivity contribution in [2.45, 2.75) is 19.8 Å². The van der Waals surface area contributed by atoms with Gasteiger partial charge in [-0.05, 0) is 13.0 Å². The van der Waals surface area contributed by atoms with Gasteiger partial charge in [0, 0.05) is 23.4 Å². The number of rotatable bonds is 3. The van der Waals surface area contributed by atoms with Crippen molar-refractivity contribution in [2.24, 2.45) is 5.73 Å². The van der Waals surface area contributed by atoms with E-state index >= 15 is 0 Å². The molecule has 1 aromatic carbocycles. The normalized spacial score (nSPS) is 12.7. The van der Waals surface area contributed by atoms with Gasteiger partial charge in [0.15, 0.2) is 0 Å². The van der Waals surface area contributed by atoms with Crippen LogP contribution in [0.4, 0.5) is 0 Å². The molecule has 2 aromatic rings. The maximum atomic E-state index is 5.64. The highest BCUT2D eigenvalue weighted by molar-refractivity contribution is 7.10. The summed E-state index contributed by atoms with van der Waals surface area (Å²) in [5.41, 5.74) is 9.15. The quantitative estimate of drug-likeness (QED) is 0.882. The summed E-state index contributed by atoms with van der Waals surface area (Å²) in [6.45, 7) is 4.86. The van der Waals surface area contributed by atoms with E-state index in [4.69, 9.17) is 5.73 Å².